The van der Waals surface area contributed by atoms with E-state index >= 15 is 0 Å². The van der Waals surface area contributed by atoms with Crippen LogP contribution in [0.2, 0.25) is 5.02 Å². The van der Waals surface area contributed by atoms with Gasteiger partial charge in [0.25, 0.3) is 5.91 Å². The molecule has 0 aliphatic heterocycles. The van der Waals surface area contributed by atoms with Crippen LogP contribution in [0.15, 0.2) is 76.3 Å². The monoisotopic (exact) mass is 435 g/mol. The predicted octanol–water partition coefficient (Wildman–Crippen LogP) is 4.98. The molecule has 7 nitrogen and oxygen atoms in total. The van der Waals surface area contributed by atoms with Gasteiger partial charge in [-0.05, 0) is 42.5 Å². The number of hydrogen-bond donors (Lipinski definition) is 1. The number of methoxy groups -OCH3 is 2. The average molecular weight is 436 g/mol. The first-order valence-corrected chi connectivity index (χ1v) is 9.68. The highest BCUT2D eigenvalue weighted by Crippen LogP contribution is 2.30. The van der Waals surface area contributed by atoms with Crippen molar-refractivity contribution in [1.29, 1.82) is 0 Å². The molecule has 0 saturated carbocycles. The fraction of sp³-hybridized carbons (Fsp3) is 0.0870. The molecule has 0 unspecified atom stereocenters. The summed E-state index contributed by atoms with van der Waals surface area (Å²) in [6, 6.07) is 17.3. The van der Waals surface area contributed by atoms with E-state index in [9.17, 15) is 4.79 Å². The van der Waals surface area contributed by atoms with Crippen LogP contribution in [-0.4, -0.2) is 25.1 Å². The fourth-order valence-corrected chi connectivity index (χ4v) is 3.18. The zero-order valence-electron chi connectivity index (χ0n) is 16.8. The van der Waals surface area contributed by atoms with E-state index in [1.54, 1.807) is 61.8 Å². The van der Waals surface area contributed by atoms with E-state index in [0.29, 0.717) is 39.0 Å². The van der Waals surface area contributed by atoms with E-state index in [4.69, 9.17) is 25.5 Å². The largest absolute Gasteiger partial charge is 0.494 e. The number of rotatable bonds is 5. The molecule has 4 aromatic rings. The standard InChI is InChI=1S/C23H18ClN3O4/c1-29-18-10-9-15(24)13-17(18)26-23-16(22(28)27-20-8-3-4-11-25-20)12-14-6-5-7-19(30-2)21(14)31-23/h3-13H,1-2H3,(H,25,27,28). The highest BCUT2D eigenvalue weighted by atomic mass is 35.5. The minimum Gasteiger partial charge on any atom is -0.494 e. The summed E-state index contributed by atoms with van der Waals surface area (Å²) in [6.07, 6.45) is 1.59. The second-order valence-electron chi connectivity index (χ2n) is 6.44. The lowest BCUT2D eigenvalue weighted by Gasteiger charge is -2.09. The van der Waals surface area contributed by atoms with E-state index < -0.39 is 5.91 Å². The molecule has 0 aliphatic rings. The number of benzene rings is 2. The van der Waals surface area contributed by atoms with Crippen LogP contribution in [0.3, 0.4) is 0 Å². The van der Waals surface area contributed by atoms with Gasteiger partial charge in [0.15, 0.2) is 11.3 Å². The van der Waals surface area contributed by atoms with Crippen molar-refractivity contribution in [2.45, 2.75) is 0 Å². The summed E-state index contributed by atoms with van der Waals surface area (Å²) in [6.45, 7) is 0. The van der Waals surface area contributed by atoms with Gasteiger partial charge in [-0.15, -0.1) is 0 Å². The molecular weight excluding hydrogens is 418 g/mol. The second-order valence-corrected chi connectivity index (χ2v) is 6.88. The SMILES string of the molecule is COc1ccc(Cl)cc1N=c1oc2c(OC)cccc2cc1C(=O)Nc1ccccn1. The number of nitrogens with one attached hydrogen (secondary N) is 1. The Hall–Kier alpha value is -3.84. The van der Waals surface area contributed by atoms with Gasteiger partial charge in [0, 0.05) is 16.6 Å². The van der Waals surface area contributed by atoms with Crippen molar-refractivity contribution in [3.8, 4) is 11.5 Å². The molecule has 0 aliphatic carbocycles. The number of hydrogen-bond acceptors (Lipinski definition) is 6. The molecule has 2 aromatic heterocycles. The van der Waals surface area contributed by atoms with Crippen LogP contribution >= 0.6 is 11.6 Å². The quantitative estimate of drug-likeness (QED) is 0.477. The molecule has 0 fully saturated rings. The Morgan fingerprint density at radius 3 is 2.61 bits per heavy atom. The predicted molar refractivity (Wildman–Crippen MR) is 118 cm³/mol. The smallest absolute Gasteiger partial charge is 0.262 e. The maximum atomic E-state index is 13.1. The molecule has 4 rings (SSSR count). The Bertz CT molecular complexity index is 1320. The van der Waals surface area contributed by atoms with Crippen molar-refractivity contribution < 1.29 is 18.7 Å². The number of anilines is 1. The third-order valence-electron chi connectivity index (χ3n) is 4.47. The molecule has 2 heterocycles. The lowest BCUT2D eigenvalue weighted by Crippen LogP contribution is -2.22. The number of amides is 1. The van der Waals surface area contributed by atoms with Gasteiger partial charge in [-0.3, -0.25) is 4.79 Å². The van der Waals surface area contributed by atoms with Crippen molar-refractivity contribution in [1.82, 2.24) is 4.98 Å². The number of halogens is 1. The first-order valence-electron chi connectivity index (χ1n) is 9.30. The van der Waals surface area contributed by atoms with Gasteiger partial charge in [-0.1, -0.05) is 29.8 Å². The van der Waals surface area contributed by atoms with Gasteiger partial charge in [-0.2, -0.15) is 0 Å². The van der Waals surface area contributed by atoms with Gasteiger partial charge in [0.2, 0.25) is 5.55 Å². The van der Waals surface area contributed by atoms with Gasteiger partial charge < -0.3 is 19.2 Å². The van der Waals surface area contributed by atoms with E-state index in [-0.39, 0.29) is 11.1 Å². The summed E-state index contributed by atoms with van der Waals surface area (Å²) in [5, 5.41) is 3.91. The first-order chi connectivity index (χ1) is 15.1. The number of carbonyl (C=O) groups excluding carboxylic acids is 1. The van der Waals surface area contributed by atoms with E-state index in [2.05, 4.69) is 15.3 Å². The third kappa shape index (κ3) is 4.36. The van der Waals surface area contributed by atoms with Crippen molar-refractivity contribution in [2.24, 2.45) is 4.99 Å². The molecule has 1 amide bonds. The number of pyridine rings is 1. The molecule has 1 N–H and O–H groups in total. The molecule has 0 spiro atoms. The topological polar surface area (TPSA) is 86.0 Å². The average Bonchev–Trinajstić information content (AvgIpc) is 2.79. The van der Waals surface area contributed by atoms with Crippen molar-refractivity contribution in [3.63, 3.8) is 0 Å². The number of nitrogens with zero attached hydrogens (tertiary/aromatic N) is 2. The summed E-state index contributed by atoms with van der Waals surface area (Å²) in [5.41, 5.74) is 1.17. The molecule has 0 bridgehead atoms. The minimum atomic E-state index is -0.424. The summed E-state index contributed by atoms with van der Waals surface area (Å²) >= 11 is 6.14. The molecule has 2 aromatic carbocycles. The number of carbonyl (C=O) groups is 1. The van der Waals surface area contributed by atoms with Crippen molar-refractivity contribution in [2.75, 3.05) is 19.5 Å². The van der Waals surface area contributed by atoms with Gasteiger partial charge in [0.05, 0.1) is 14.2 Å². The molecule has 156 valence electrons. The van der Waals surface area contributed by atoms with Crippen molar-refractivity contribution >= 4 is 40.0 Å². The van der Waals surface area contributed by atoms with E-state index in [0.717, 1.165) is 0 Å². The minimum absolute atomic E-state index is 0.0750. The molecule has 0 radical (unpaired) electrons. The van der Waals surface area contributed by atoms with Gasteiger partial charge in [-0.25, -0.2) is 9.98 Å². The van der Waals surface area contributed by atoms with Crippen LogP contribution in [0.4, 0.5) is 11.5 Å². The lowest BCUT2D eigenvalue weighted by atomic mass is 10.1. The van der Waals surface area contributed by atoms with Gasteiger partial charge in [0.1, 0.15) is 22.8 Å². The lowest BCUT2D eigenvalue weighted by molar-refractivity contribution is 0.102. The normalized spacial score (nSPS) is 11.4. The zero-order chi connectivity index (χ0) is 21.8. The zero-order valence-corrected chi connectivity index (χ0v) is 17.5. The van der Waals surface area contributed by atoms with E-state index in [1.807, 2.05) is 12.1 Å². The molecule has 8 heteroatoms. The van der Waals surface area contributed by atoms with Crippen LogP contribution in [0, 0.1) is 0 Å². The molecular formula is C23H18ClN3O4. The summed E-state index contributed by atoms with van der Waals surface area (Å²) < 4.78 is 16.8. The van der Waals surface area contributed by atoms with Crippen LogP contribution in [-0.2, 0) is 0 Å². The molecule has 31 heavy (non-hydrogen) atoms. The maximum absolute atomic E-state index is 13.1. The Balaban J connectivity index is 1.94. The van der Waals surface area contributed by atoms with Gasteiger partial charge >= 0.3 is 0 Å². The molecule has 0 saturated heterocycles. The fourth-order valence-electron chi connectivity index (χ4n) is 3.01. The highest BCUT2D eigenvalue weighted by molar-refractivity contribution is 6.30. The Morgan fingerprint density at radius 2 is 1.87 bits per heavy atom. The number of fused-ring (bicyclic) bond motifs is 1. The number of para-hydroxylation sites is 1. The molecule has 0 atom stereocenters. The summed E-state index contributed by atoms with van der Waals surface area (Å²) in [4.78, 5) is 21.8. The Kier molecular flexibility index (Phi) is 5.86. The highest BCUT2D eigenvalue weighted by Gasteiger charge is 2.16. The second kappa shape index (κ2) is 8.89. The Morgan fingerprint density at radius 1 is 1.03 bits per heavy atom. The van der Waals surface area contributed by atoms with Crippen LogP contribution in [0.5, 0.6) is 11.5 Å². The Labute approximate surface area is 182 Å². The number of ether oxygens (including phenoxy) is 2. The van der Waals surface area contributed by atoms with E-state index in [1.165, 1.54) is 7.11 Å². The van der Waals surface area contributed by atoms with Crippen molar-refractivity contribution in [3.05, 3.63) is 83.0 Å². The third-order valence-corrected chi connectivity index (χ3v) is 4.71. The number of aromatic nitrogens is 1. The van der Waals surface area contributed by atoms with Crippen LogP contribution in [0.1, 0.15) is 10.4 Å². The summed E-state index contributed by atoms with van der Waals surface area (Å²) in [5.74, 6) is 0.982. The maximum Gasteiger partial charge on any atom is 0.262 e. The van der Waals surface area contributed by atoms with Crippen LogP contribution < -0.4 is 20.3 Å². The summed E-state index contributed by atoms with van der Waals surface area (Å²) in [7, 11) is 3.07. The first kappa shape index (κ1) is 20.4. The van der Waals surface area contributed by atoms with Crippen LogP contribution in [0.25, 0.3) is 11.0 Å².